The van der Waals surface area contributed by atoms with Gasteiger partial charge < -0.3 is 18.6 Å². The van der Waals surface area contributed by atoms with Gasteiger partial charge in [0.2, 0.25) is 17.5 Å². The van der Waals surface area contributed by atoms with Crippen molar-refractivity contribution in [1.29, 1.82) is 5.26 Å². The molecule has 2 aromatic heterocycles. The van der Waals surface area contributed by atoms with E-state index in [0.717, 1.165) is 11.1 Å². The number of hydrogen-bond donors (Lipinski definition) is 0. The van der Waals surface area contributed by atoms with Crippen LogP contribution in [0.25, 0.3) is 11.7 Å². The van der Waals surface area contributed by atoms with Gasteiger partial charge in [-0.2, -0.15) is 10.2 Å². The van der Waals surface area contributed by atoms with Crippen LogP contribution in [0.3, 0.4) is 0 Å². The SMILES string of the molecule is N#Cc1nc(-c2ccco2)oc1N1CCC(C(=O)N(Cc2ccccc2)Cc2ccccc2)CC1. The molecule has 0 unspecified atom stereocenters. The van der Waals surface area contributed by atoms with Gasteiger partial charge in [0, 0.05) is 32.1 Å². The quantitative estimate of drug-likeness (QED) is 0.370. The molecule has 2 aromatic carbocycles. The van der Waals surface area contributed by atoms with Crippen molar-refractivity contribution >= 4 is 11.8 Å². The van der Waals surface area contributed by atoms with Gasteiger partial charge in [-0.05, 0) is 36.1 Å². The van der Waals surface area contributed by atoms with E-state index >= 15 is 0 Å². The summed E-state index contributed by atoms with van der Waals surface area (Å²) in [6.45, 7) is 2.37. The number of carbonyl (C=O) groups excluding carboxylic acids is 1. The molecular weight excluding hydrogens is 440 g/mol. The Kier molecular flexibility index (Phi) is 6.62. The van der Waals surface area contributed by atoms with E-state index in [1.54, 1.807) is 18.4 Å². The first-order valence-electron chi connectivity index (χ1n) is 11.8. The molecule has 1 fully saturated rings. The van der Waals surface area contributed by atoms with Gasteiger partial charge in [0.25, 0.3) is 5.89 Å². The van der Waals surface area contributed by atoms with Crippen molar-refractivity contribution in [2.75, 3.05) is 18.0 Å². The number of hydrogen-bond acceptors (Lipinski definition) is 6. The van der Waals surface area contributed by atoms with E-state index in [4.69, 9.17) is 8.83 Å². The molecule has 176 valence electrons. The Morgan fingerprint density at radius 2 is 1.60 bits per heavy atom. The van der Waals surface area contributed by atoms with Crippen LogP contribution in [0.15, 0.2) is 87.9 Å². The number of aromatic nitrogens is 1. The molecule has 5 rings (SSSR count). The fourth-order valence-corrected chi connectivity index (χ4v) is 4.51. The predicted molar refractivity (Wildman–Crippen MR) is 131 cm³/mol. The lowest BCUT2D eigenvalue weighted by atomic mass is 9.94. The van der Waals surface area contributed by atoms with E-state index in [-0.39, 0.29) is 23.4 Å². The Hall–Kier alpha value is -4.31. The van der Waals surface area contributed by atoms with Crippen molar-refractivity contribution < 1.29 is 13.6 Å². The number of nitrogens with zero attached hydrogens (tertiary/aromatic N) is 4. The third-order valence-corrected chi connectivity index (χ3v) is 6.32. The molecule has 4 aromatic rings. The molecule has 1 amide bonds. The summed E-state index contributed by atoms with van der Waals surface area (Å²) in [5.74, 6) is 1.28. The van der Waals surface area contributed by atoms with Crippen molar-refractivity contribution in [1.82, 2.24) is 9.88 Å². The number of rotatable bonds is 7. The normalized spacial score (nSPS) is 14.0. The van der Waals surface area contributed by atoms with Crippen molar-refractivity contribution in [3.8, 4) is 17.7 Å². The highest BCUT2D eigenvalue weighted by Crippen LogP contribution is 2.32. The second-order valence-electron chi connectivity index (χ2n) is 8.69. The van der Waals surface area contributed by atoms with Gasteiger partial charge in [0.1, 0.15) is 6.07 Å². The van der Waals surface area contributed by atoms with Crippen LogP contribution in [0.5, 0.6) is 0 Å². The first-order valence-corrected chi connectivity index (χ1v) is 11.8. The summed E-state index contributed by atoms with van der Waals surface area (Å²) >= 11 is 0. The standard InChI is InChI=1S/C28H26N4O3/c29-18-24-28(35-26(30-24)25-12-7-17-34-25)31-15-13-23(14-16-31)27(33)32(19-21-8-3-1-4-9-21)20-22-10-5-2-6-11-22/h1-12,17,23H,13-16,19-20H2. The first kappa shape index (κ1) is 22.5. The predicted octanol–water partition coefficient (Wildman–Crippen LogP) is 5.25. The van der Waals surface area contributed by atoms with Gasteiger partial charge in [-0.15, -0.1) is 0 Å². The monoisotopic (exact) mass is 466 g/mol. The van der Waals surface area contributed by atoms with E-state index in [2.05, 4.69) is 35.3 Å². The minimum Gasteiger partial charge on any atom is -0.459 e. The van der Waals surface area contributed by atoms with Crippen molar-refractivity contribution in [2.45, 2.75) is 25.9 Å². The van der Waals surface area contributed by atoms with Gasteiger partial charge in [-0.25, -0.2) is 0 Å². The number of carbonyl (C=O) groups is 1. The zero-order chi connectivity index (χ0) is 24.0. The summed E-state index contributed by atoms with van der Waals surface area (Å²) in [5, 5.41) is 9.56. The number of benzene rings is 2. The van der Waals surface area contributed by atoms with E-state index in [9.17, 15) is 10.1 Å². The van der Waals surface area contributed by atoms with E-state index in [1.807, 2.05) is 46.2 Å². The number of piperidine rings is 1. The second kappa shape index (κ2) is 10.3. The highest BCUT2D eigenvalue weighted by Gasteiger charge is 2.31. The molecule has 0 spiro atoms. The molecule has 1 aliphatic heterocycles. The van der Waals surface area contributed by atoms with E-state index in [1.165, 1.54) is 0 Å². The fraction of sp³-hybridized carbons (Fsp3) is 0.250. The second-order valence-corrected chi connectivity index (χ2v) is 8.69. The molecule has 0 bridgehead atoms. The zero-order valence-corrected chi connectivity index (χ0v) is 19.3. The highest BCUT2D eigenvalue weighted by molar-refractivity contribution is 5.79. The Morgan fingerprint density at radius 3 is 2.14 bits per heavy atom. The van der Waals surface area contributed by atoms with Crippen LogP contribution in [0.2, 0.25) is 0 Å². The Balaban J connectivity index is 1.29. The number of nitriles is 1. The minimum absolute atomic E-state index is 0.0864. The van der Waals surface area contributed by atoms with Gasteiger partial charge >= 0.3 is 0 Å². The van der Waals surface area contributed by atoms with Crippen LogP contribution >= 0.6 is 0 Å². The highest BCUT2D eigenvalue weighted by atomic mass is 16.4. The first-order chi connectivity index (χ1) is 17.2. The van der Waals surface area contributed by atoms with Crippen LogP contribution in [0.4, 0.5) is 5.88 Å². The maximum Gasteiger partial charge on any atom is 0.266 e. The van der Waals surface area contributed by atoms with Crippen LogP contribution < -0.4 is 4.90 Å². The molecule has 0 N–H and O–H groups in total. The summed E-state index contributed by atoms with van der Waals surface area (Å²) in [6, 6.07) is 25.8. The number of amides is 1. The largest absolute Gasteiger partial charge is 0.459 e. The molecule has 35 heavy (non-hydrogen) atoms. The third-order valence-electron chi connectivity index (χ3n) is 6.32. The maximum atomic E-state index is 13.6. The molecule has 0 aliphatic carbocycles. The van der Waals surface area contributed by atoms with Crippen molar-refractivity contribution in [2.24, 2.45) is 5.92 Å². The summed E-state index contributed by atoms with van der Waals surface area (Å²) in [4.78, 5) is 21.9. The fourth-order valence-electron chi connectivity index (χ4n) is 4.51. The van der Waals surface area contributed by atoms with Gasteiger partial charge in [0.15, 0.2) is 5.76 Å². The molecule has 3 heterocycles. The topological polar surface area (TPSA) is 86.5 Å². The lowest BCUT2D eigenvalue weighted by Gasteiger charge is -2.34. The van der Waals surface area contributed by atoms with Crippen LogP contribution in [0, 0.1) is 17.2 Å². The van der Waals surface area contributed by atoms with Crippen LogP contribution in [0.1, 0.15) is 29.7 Å². The Labute approximate surface area is 204 Å². The van der Waals surface area contributed by atoms with Crippen molar-refractivity contribution in [3.05, 3.63) is 95.9 Å². The lowest BCUT2D eigenvalue weighted by Crippen LogP contribution is -2.42. The zero-order valence-electron chi connectivity index (χ0n) is 19.3. The average Bonchev–Trinajstić information content (AvgIpc) is 3.59. The average molecular weight is 467 g/mol. The van der Waals surface area contributed by atoms with Crippen LogP contribution in [-0.2, 0) is 17.9 Å². The van der Waals surface area contributed by atoms with E-state index in [0.29, 0.717) is 50.7 Å². The lowest BCUT2D eigenvalue weighted by molar-refractivity contribution is -0.137. The number of furan rings is 1. The molecule has 0 radical (unpaired) electrons. The maximum absolute atomic E-state index is 13.6. The summed E-state index contributed by atoms with van der Waals surface area (Å²) < 4.78 is 11.3. The molecule has 0 saturated carbocycles. The Morgan fingerprint density at radius 1 is 0.971 bits per heavy atom. The van der Waals surface area contributed by atoms with Gasteiger partial charge in [-0.1, -0.05) is 60.7 Å². The third kappa shape index (κ3) is 5.12. The smallest absolute Gasteiger partial charge is 0.266 e. The molecule has 1 aliphatic rings. The summed E-state index contributed by atoms with van der Waals surface area (Å²) in [5.41, 5.74) is 2.45. The molecule has 7 heteroatoms. The molecule has 7 nitrogen and oxygen atoms in total. The Bertz CT molecular complexity index is 1240. The molecular formula is C28H26N4O3. The number of anilines is 1. The summed E-state index contributed by atoms with van der Waals surface area (Å²) in [6.07, 6.45) is 2.90. The number of oxazole rings is 1. The van der Waals surface area contributed by atoms with Gasteiger partial charge in [0.05, 0.1) is 6.26 Å². The molecule has 0 atom stereocenters. The van der Waals surface area contributed by atoms with E-state index < -0.39 is 0 Å². The van der Waals surface area contributed by atoms with Gasteiger partial charge in [-0.3, -0.25) is 4.79 Å². The minimum atomic E-state index is -0.0864. The van der Waals surface area contributed by atoms with Crippen molar-refractivity contribution in [3.63, 3.8) is 0 Å². The molecule has 1 saturated heterocycles. The van der Waals surface area contributed by atoms with Crippen LogP contribution in [-0.4, -0.2) is 28.9 Å². The summed E-state index contributed by atoms with van der Waals surface area (Å²) in [7, 11) is 0.